The van der Waals surface area contributed by atoms with Gasteiger partial charge in [0.05, 0.1) is 19.8 Å². The highest BCUT2D eigenvalue weighted by Crippen LogP contribution is 2.34. The molecule has 0 atom stereocenters. The third-order valence-corrected chi connectivity index (χ3v) is 7.35. The van der Waals surface area contributed by atoms with Crippen LogP contribution < -0.4 is 4.74 Å². The highest BCUT2D eigenvalue weighted by Gasteiger charge is 2.27. The first-order valence-corrected chi connectivity index (χ1v) is 14.4. The summed E-state index contributed by atoms with van der Waals surface area (Å²) in [4.78, 5) is 0. The molecule has 216 valence electrons. The lowest BCUT2D eigenvalue weighted by molar-refractivity contribution is -0.190. The number of rotatable bonds is 13. The van der Waals surface area contributed by atoms with Crippen molar-refractivity contribution in [1.29, 1.82) is 0 Å². The third-order valence-electron chi connectivity index (χ3n) is 7.35. The van der Waals surface area contributed by atoms with Crippen LogP contribution >= 0.6 is 0 Å². The molecule has 0 aliphatic carbocycles. The van der Waals surface area contributed by atoms with Gasteiger partial charge < -0.3 is 14.2 Å². The summed E-state index contributed by atoms with van der Waals surface area (Å²) in [5.74, 6) is -4.45. The summed E-state index contributed by atoms with van der Waals surface area (Å²) in [6, 6.07) is 12.2. The van der Waals surface area contributed by atoms with Crippen LogP contribution in [0.4, 0.5) is 17.6 Å². The van der Waals surface area contributed by atoms with Crippen molar-refractivity contribution in [1.82, 2.24) is 0 Å². The van der Waals surface area contributed by atoms with Gasteiger partial charge in [-0.25, -0.2) is 13.2 Å². The highest BCUT2D eigenvalue weighted by atomic mass is 19.2. The van der Waals surface area contributed by atoms with Gasteiger partial charge >= 0.3 is 0 Å². The standard InChI is InChI=1S/C33H38F4O3/c1-3-5-6-7-8-9-19-38-28-18-17-26(32(36)33(28)37)23-13-11-22(12-14-23)25-15-16-27(31(35)30(25)34)24-20-39-29(10-4-2)40-21-24/h11-18,24,29H,3-10,19-21H2,1-2H3. The Balaban J connectivity index is 1.42. The minimum Gasteiger partial charge on any atom is -0.490 e. The molecule has 40 heavy (non-hydrogen) atoms. The van der Waals surface area contributed by atoms with Crippen molar-refractivity contribution in [2.75, 3.05) is 19.8 Å². The summed E-state index contributed by atoms with van der Waals surface area (Å²) in [7, 11) is 0. The van der Waals surface area contributed by atoms with E-state index < -0.39 is 29.2 Å². The molecular formula is C33H38F4O3. The molecule has 1 heterocycles. The van der Waals surface area contributed by atoms with Crippen molar-refractivity contribution in [3.63, 3.8) is 0 Å². The van der Waals surface area contributed by atoms with Gasteiger partial charge in [-0.3, -0.25) is 0 Å². The molecule has 0 spiro atoms. The SMILES string of the molecule is CCCCCCCCOc1ccc(-c2ccc(-c3ccc(C4COC(CCC)OC4)c(F)c3F)cc2)c(F)c1F. The zero-order chi connectivity index (χ0) is 28.5. The molecule has 1 aliphatic rings. The van der Waals surface area contributed by atoms with E-state index in [2.05, 4.69) is 6.92 Å². The molecule has 3 aromatic rings. The van der Waals surface area contributed by atoms with Crippen LogP contribution in [0, 0.1) is 23.3 Å². The van der Waals surface area contributed by atoms with Crippen LogP contribution in [0.2, 0.25) is 0 Å². The molecular weight excluding hydrogens is 520 g/mol. The molecule has 0 bridgehead atoms. The Kier molecular flexibility index (Phi) is 11.0. The lowest BCUT2D eigenvalue weighted by Crippen LogP contribution is -2.31. The lowest BCUT2D eigenvalue weighted by atomic mass is 9.94. The summed E-state index contributed by atoms with van der Waals surface area (Å²) in [6.45, 7) is 5.04. The summed E-state index contributed by atoms with van der Waals surface area (Å²) < 4.78 is 76.5. The van der Waals surface area contributed by atoms with Gasteiger partial charge in [-0.1, -0.05) is 88.8 Å². The molecule has 1 saturated heterocycles. The molecule has 0 aromatic heterocycles. The second-order valence-corrected chi connectivity index (χ2v) is 10.3. The molecule has 0 N–H and O–H groups in total. The van der Waals surface area contributed by atoms with Gasteiger partial charge in [0.2, 0.25) is 5.82 Å². The average molecular weight is 559 g/mol. The molecule has 1 fully saturated rings. The van der Waals surface area contributed by atoms with Crippen LogP contribution in [0.25, 0.3) is 22.3 Å². The van der Waals surface area contributed by atoms with Gasteiger partial charge in [0.15, 0.2) is 29.5 Å². The smallest absolute Gasteiger partial charge is 0.201 e. The Bertz CT molecular complexity index is 1240. The monoisotopic (exact) mass is 558 g/mol. The Morgan fingerprint density at radius 2 is 1.23 bits per heavy atom. The van der Waals surface area contributed by atoms with Crippen molar-refractivity contribution in [2.24, 2.45) is 0 Å². The molecule has 0 radical (unpaired) electrons. The van der Waals surface area contributed by atoms with E-state index in [0.717, 1.165) is 32.1 Å². The maximum atomic E-state index is 15.1. The predicted molar refractivity (Wildman–Crippen MR) is 149 cm³/mol. The van der Waals surface area contributed by atoms with Gasteiger partial charge in [0.25, 0.3) is 0 Å². The maximum absolute atomic E-state index is 15.1. The fraction of sp³-hybridized carbons (Fsp3) is 0.455. The first kappa shape index (κ1) is 30.1. The molecule has 1 aliphatic heterocycles. The van der Waals surface area contributed by atoms with Crippen molar-refractivity contribution in [2.45, 2.75) is 77.4 Å². The first-order valence-electron chi connectivity index (χ1n) is 14.4. The van der Waals surface area contributed by atoms with Crippen LogP contribution in [-0.2, 0) is 9.47 Å². The average Bonchev–Trinajstić information content (AvgIpc) is 2.97. The number of ether oxygens (including phenoxy) is 3. The first-order chi connectivity index (χ1) is 19.4. The number of benzene rings is 3. The van der Waals surface area contributed by atoms with Gasteiger partial charge in [-0.15, -0.1) is 0 Å². The predicted octanol–water partition coefficient (Wildman–Crippen LogP) is 9.57. The van der Waals surface area contributed by atoms with Crippen molar-refractivity contribution < 1.29 is 31.8 Å². The van der Waals surface area contributed by atoms with E-state index in [1.807, 2.05) is 6.92 Å². The normalized spacial score (nSPS) is 17.2. The van der Waals surface area contributed by atoms with Crippen molar-refractivity contribution in [3.05, 3.63) is 77.4 Å². The van der Waals surface area contributed by atoms with Gasteiger partial charge in [-0.2, -0.15) is 4.39 Å². The van der Waals surface area contributed by atoms with Crippen molar-refractivity contribution in [3.8, 4) is 28.0 Å². The highest BCUT2D eigenvalue weighted by molar-refractivity contribution is 5.72. The molecule has 0 unspecified atom stereocenters. The molecule has 4 rings (SSSR count). The summed E-state index contributed by atoms with van der Waals surface area (Å²) in [5.41, 5.74) is 1.20. The number of hydrogen-bond donors (Lipinski definition) is 0. The van der Waals surface area contributed by atoms with E-state index in [4.69, 9.17) is 14.2 Å². The molecule has 3 aromatic carbocycles. The van der Waals surface area contributed by atoms with Crippen LogP contribution in [0.15, 0.2) is 48.5 Å². The largest absolute Gasteiger partial charge is 0.490 e. The number of hydrogen-bond acceptors (Lipinski definition) is 3. The zero-order valence-electron chi connectivity index (χ0n) is 23.3. The van der Waals surface area contributed by atoms with Crippen LogP contribution in [0.3, 0.4) is 0 Å². The molecule has 0 saturated carbocycles. The van der Waals surface area contributed by atoms with E-state index in [1.54, 1.807) is 30.3 Å². The number of halogens is 4. The fourth-order valence-corrected chi connectivity index (χ4v) is 4.99. The van der Waals surface area contributed by atoms with E-state index in [1.165, 1.54) is 37.5 Å². The lowest BCUT2D eigenvalue weighted by Gasteiger charge is -2.29. The third kappa shape index (κ3) is 7.24. The molecule has 3 nitrogen and oxygen atoms in total. The van der Waals surface area contributed by atoms with Gasteiger partial charge in [-0.05, 0) is 41.7 Å². The quantitative estimate of drug-likeness (QED) is 0.154. The van der Waals surface area contributed by atoms with E-state index in [0.29, 0.717) is 17.7 Å². The minimum atomic E-state index is -1.03. The Labute approximate surface area is 234 Å². The Morgan fingerprint density at radius 1 is 0.650 bits per heavy atom. The number of unbranched alkanes of at least 4 members (excludes halogenated alkanes) is 5. The van der Waals surface area contributed by atoms with Gasteiger partial charge in [0.1, 0.15) is 0 Å². The van der Waals surface area contributed by atoms with Gasteiger partial charge in [0, 0.05) is 17.0 Å². The van der Waals surface area contributed by atoms with E-state index in [9.17, 15) is 8.78 Å². The molecule has 0 amide bonds. The second-order valence-electron chi connectivity index (χ2n) is 10.3. The second kappa shape index (κ2) is 14.6. The Hall–Kier alpha value is -2.90. The topological polar surface area (TPSA) is 27.7 Å². The maximum Gasteiger partial charge on any atom is 0.201 e. The minimum absolute atomic E-state index is 0.0663. The fourth-order valence-electron chi connectivity index (χ4n) is 4.99. The summed E-state index contributed by atoms with van der Waals surface area (Å²) in [6.07, 6.45) is 7.78. The van der Waals surface area contributed by atoms with Crippen LogP contribution in [-0.4, -0.2) is 26.1 Å². The van der Waals surface area contributed by atoms with E-state index >= 15 is 8.78 Å². The summed E-state index contributed by atoms with van der Waals surface area (Å²) in [5, 5.41) is 0. The zero-order valence-corrected chi connectivity index (χ0v) is 23.3. The molecule has 7 heteroatoms. The van der Waals surface area contributed by atoms with Crippen LogP contribution in [0.5, 0.6) is 5.75 Å². The Morgan fingerprint density at radius 3 is 1.85 bits per heavy atom. The van der Waals surface area contributed by atoms with Crippen LogP contribution in [0.1, 0.15) is 76.7 Å². The van der Waals surface area contributed by atoms with Crippen molar-refractivity contribution >= 4 is 0 Å². The van der Waals surface area contributed by atoms with E-state index in [-0.39, 0.29) is 41.9 Å². The summed E-state index contributed by atoms with van der Waals surface area (Å²) >= 11 is 0.